The molecule has 0 aliphatic heterocycles. The standard InChI is InChI=1S/C16H28O3Si2/c1-14(15-11-9-8-10-12-15)17-13-16(18-20(2,3)4)19-21(5,6)7/h8-14H,1-7H3/t14-/m0/s1. The zero-order valence-electron chi connectivity index (χ0n) is 14.3. The second-order valence-electron chi connectivity index (χ2n) is 7.05. The Morgan fingerprint density at radius 2 is 1.38 bits per heavy atom. The topological polar surface area (TPSA) is 27.7 Å². The first-order valence-corrected chi connectivity index (χ1v) is 14.2. The van der Waals surface area contributed by atoms with Crippen molar-refractivity contribution in [2.24, 2.45) is 0 Å². The van der Waals surface area contributed by atoms with Crippen molar-refractivity contribution in [1.29, 1.82) is 0 Å². The molecule has 3 nitrogen and oxygen atoms in total. The summed E-state index contributed by atoms with van der Waals surface area (Å²) >= 11 is 0. The lowest BCUT2D eigenvalue weighted by molar-refractivity contribution is 0.122. The van der Waals surface area contributed by atoms with Crippen LogP contribution in [-0.4, -0.2) is 16.6 Å². The molecule has 1 rings (SSSR count). The SMILES string of the molecule is C[C@H](OC=C(O[Si](C)(C)C)O[Si](C)(C)C)c1ccccc1. The first-order valence-electron chi connectivity index (χ1n) is 7.35. The van der Waals surface area contributed by atoms with Gasteiger partial charge in [0, 0.05) is 0 Å². The molecule has 1 aromatic carbocycles. The average molecular weight is 325 g/mol. The zero-order valence-corrected chi connectivity index (χ0v) is 16.3. The predicted octanol–water partition coefficient (Wildman–Crippen LogP) is 5.27. The Morgan fingerprint density at radius 3 is 1.81 bits per heavy atom. The molecule has 0 radical (unpaired) electrons. The van der Waals surface area contributed by atoms with Crippen LogP contribution in [0, 0.1) is 0 Å². The molecule has 118 valence electrons. The van der Waals surface area contributed by atoms with Crippen LogP contribution in [0.15, 0.2) is 42.5 Å². The zero-order chi connectivity index (χ0) is 16.1. The molecule has 0 aliphatic rings. The number of ether oxygens (including phenoxy) is 1. The van der Waals surface area contributed by atoms with Gasteiger partial charge in [-0.2, -0.15) is 0 Å². The van der Waals surface area contributed by atoms with E-state index in [1.165, 1.54) is 0 Å². The third kappa shape index (κ3) is 7.97. The number of rotatable bonds is 7. The largest absolute Gasteiger partial charge is 0.518 e. The van der Waals surface area contributed by atoms with Gasteiger partial charge in [0.2, 0.25) is 16.6 Å². The molecule has 0 saturated heterocycles. The predicted molar refractivity (Wildman–Crippen MR) is 92.9 cm³/mol. The Kier molecular flexibility index (Phi) is 6.10. The van der Waals surface area contributed by atoms with E-state index in [2.05, 4.69) is 51.4 Å². The van der Waals surface area contributed by atoms with Crippen LogP contribution >= 0.6 is 0 Å². The smallest absolute Gasteiger partial charge is 0.287 e. The number of hydrogen-bond acceptors (Lipinski definition) is 3. The van der Waals surface area contributed by atoms with Crippen molar-refractivity contribution in [3.05, 3.63) is 48.1 Å². The van der Waals surface area contributed by atoms with Crippen molar-refractivity contribution >= 4 is 16.6 Å². The highest BCUT2D eigenvalue weighted by Gasteiger charge is 2.24. The Morgan fingerprint density at radius 1 is 0.905 bits per heavy atom. The summed E-state index contributed by atoms with van der Waals surface area (Å²) in [4.78, 5) is 0. The van der Waals surface area contributed by atoms with E-state index in [9.17, 15) is 0 Å². The van der Waals surface area contributed by atoms with Crippen LogP contribution in [0.1, 0.15) is 18.6 Å². The molecule has 1 aromatic rings. The lowest BCUT2D eigenvalue weighted by atomic mass is 10.1. The van der Waals surface area contributed by atoms with E-state index < -0.39 is 16.6 Å². The molecule has 0 bridgehead atoms. The molecule has 0 fully saturated rings. The van der Waals surface area contributed by atoms with Crippen molar-refractivity contribution in [2.75, 3.05) is 0 Å². The van der Waals surface area contributed by atoms with E-state index in [0.29, 0.717) is 5.95 Å². The van der Waals surface area contributed by atoms with Crippen LogP contribution in [0.25, 0.3) is 0 Å². The molecule has 0 N–H and O–H groups in total. The van der Waals surface area contributed by atoms with Crippen LogP contribution in [0.5, 0.6) is 0 Å². The van der Waals surface area contributed by atoms with Crippen LogP contribution in [-0.2, 0) is 13.6 Å². The Labute approximate surface area is 131 Å². The fourth-order valence-electron chi connectivity index (χ4n) is 1.63. The van der Waals surface area contributed by atoms with E-state index >= 15 is 0 Å². The maximum Gasteiger partial charge on any atom is 0.287 e. The highest BCUT2D eigenvalue weighted by Crippen LogP contribution is 2.21. The van der Waals surface area contributed by atoms with Gasteiger partial charge in [0.05, 0.1) is 0 Å². The fourth-order valence-corrected chi connectivity index (χ4v) is 3.10. The lowest BCUT2D eigenvalue weighted by Gasteiger charge is -2.27. The Balaban J connectivity index is 2.78. The quantitative estimate of drug-likeness (QED) is 0.505. The summed E-state index contributed by atoms with van der Waals surface area (Å²) < 4.78 is 17.8. The van der Waals surface area contributed by atoms with E-state index in [0.717, 1.165) is 5.56 Å². The first kappa shape index (κ1) is 17.8. The molecule has 0 saturated carbocycles. The molecule has 0 spiro atoms. The van der Waals surface area contributed by atoms with E-state index in [1.54, 1.807) is 6.26 Å². The average Bonchev–Trinajstić information content (AvgIpc) is 2.33. The molecular formula is C16H28O3Si2. The maximum atomic E-state index is 5.99. The number of benzene rings is 1. The molecule has 1 atom stereocenters. The van der Waals surface area contributed by atoms with E-state index in [-0.39, 0.29) is 6.10 Å². The summed E-state index contributed by atoms with van der Waals surface area (Å²) in [5.41, 5.74) is 1.13. The third-order valence-electron chi connectivity index (χ3n) is 2.45. The van der Waals surface area contributed by atoms with Gasteiger partial charge in [0.15, 0.2) is 6.26 Å². The van der Waals surface area contributed by atoms with Gasteiger partial charge in [-0.25, -0.2) is 0 Å². The summed E-state index contributed by atoms with van der Waals surface area (Å²) in [6, 6.07) is 10.1. The molecule has 0 unspecified atom stereocenters. The van der Waals surface area contributed by atoms with Gasteiger partial charge in [-0.1, -0.05) is 30.3 Å². The van der Waals surface area contributed by atoms with Crippen molar-refractivity contribution in [2.45, 2.75) is 52.3 Å². The van der Waals surface area contributed by atoms with Gasteiger partial charge in [-0.3, -0.25) is 0 Å². The van der Waals surface area contributed by atoms with E-state index in [4.69, 9.17) is 13.6 Å². The molecule has 5 heteroatoms. The molecule has 0 aromatic heterocycles. The Hall–Kier alpha value is -1.21. The summed E-state index contributed by atoms with van der Waals surface area (Å²) in [6.45, 7) is 14.8. The van der Waals surface area contributed by atoms with Crippen LogP contribution in [0.3, 0.4) is 0 Å². The minimum atomic E-state index is -1.72. The highest BCUT2D eigenvalue weighted by atomic mass is 28.4. The Bertz CT molecular complexity index is 441. The third-order valence-corrected chi connectivity index (χ3v) is 4.08. The van der Waals surface area contributed by atoms with Crippen LogP contribution in [0.4, 0.5) is 0 Å². The summed E-state index contributed by atoms with van der Waals surface area (Å²) in [5, 5.41) is 0. The maximum absolute atomic E-state index is 5.99. The second-order valence-corrected chi connectivity index (χ2v) is 15.9. The monoisotopic (exact) mass is 324 g/mol. The first-order chi connectivity index (χ1) is 9.57. The molecule has 0 aliphatic carbocycles. The van der Waals surface area contributed by atoms with Crippen molar-refractivity contribution in [3.8, 4) is 0 Å². The molecule has 0 amide bonds. The van der Waals surface area contributed by atoms with Gasteiger partial charge < -0.3 is 13.6 Å². The summed E-state index contributed by atoms with van der Waals surface area (Å²) in [6.07, 6.45) is 1.60. The van der Waals surface area contributed by atoms with Crippen molar-refractivity contribution in [1.82, 2.24) is 0 Å². The minimum Gasteiger partial charge on any atom is -0.518 e. The van der Waals surface area contributed by atoms with Gasteiger partial charge in [0.1, 0.15) is 6.10 Å². The number of hydrogen-bond donors (Lipinski definition) is 0. The normalized spacial score (nSPS) is 13.3. The highest BCUT2D eigenvalue weighted by molar-refractivity contribution is 6.71. The lowest BCUT2D eigenvalue weighted by Crippen LogP contribution is -2.31. The van der Waals surface area contributed by atoms with Gasteiger partial charge in [0.25, 0.3) is 5.95 Å². The van der Waals surface area contributed by atoms with Gasteiger partial charge >= 0.3 is 0 Å². The van der Waals surface area contributed by atoms with Gasteiger partial charge in [-0.05, 0) is 51.8 Å². The van der Waals surface area contributed by atoms with Crippen LogP contribution in [0.2, 0.25) is 39.3 Å². The second kappa shape index (κ2) is 7.18. The minimum absolute atomic E-state index is 0.0309. The molecule has 21 heavy (non-hydrogen) atoms. The molecular weight excluding hydrogens is 296 g/mol. The van der Waals surface area contributed by atoms with Crippen molar-refractivity contribution < 1.29 is 13.6 Å². The summed E-state index contributed by atoms with van der Waals surface area (Å²) in [7, 11) is -3.44. The van der Waals surface area contributed by atoms with Crippen molar-refractivity contribution in [3.63, 3.8) is 0 Å². The fraction of sp³-hybridized carbons (Fsp3) is 0.500. The van der Waals surface area contributed by atoms with E-state index in [1.807, 2.05) is 25.1 Å². The molecule has 0 heterocycles. The van der Waals surface area contributed by atoms with Gasteiger partial charge in [-0.15, -0.1) is 0 Å². The summed E-state index contributed by atoms with van der Waals surface area (Å²) in [5.74, 6) is 0.524. The van der Waals surface area contributed by atoms with Crippen LogP contribution < -0.4 is 0 Å².